The number of carbonyl (C=O) groups excluding carboxylic acids is 1. The summed E-state index contributed by atoms with van der Waals surface area (Å²) in [4.78, 5) is 27.7. The van der Waals surface area contributed by atoms with E-state index < -0.39 is 5.41 Å². The number of nitrogens with zero attached hydrogens (tertiary/aromatic N) is 4. The fraction of sp³-hybridized carbons (Fsp3) is 0.385. The van der Waals surface area contributed by atoms with Crippen molar-refractivity contribution in [3.05, 3.63) is 66.5 Å². The molecular formula is C26H32N6O2. The molecule has 1 fully saturated rings. The van der Waals surface area contributed by atoms with Gasteiger partial charge < -0.3 is 20.3 Å². The van der Waals surface area contributed by atoms with Crippen LogP contribution in [0.2, 0.25) is 0 Å². The Bertz CT molecular complexity index is 1090. The van der Waals surface area contributed by atoms with Crippen molar-refractivity contribution in [2.24, 2.45) is 5.41 Å². The molecule has 178 valence electrons. The van der Waals surface area contributed by atoms with E-state index in [1.54, 1.807) is 0 Å². The number of rotatable bonds is 7. The first kappa shape index (κ1) is 23.6. The zero-order chi connectivity index (χ0) is 24.0. The third-order valence-corrected chi connectivity index (χ3v) is 5.67. The van der Waals surface area contributed by atoms with Crippen LogP contribution in [0.5, 0.6) is 0 Å². The lowest BCUT2D eigenvalue weighted by Gasteiger charge is -2.31. The lowest BCUT2D eigenvalue weighted by atomic mass is 9.95. The summed E-state index contributed by atoms with van der Waals surface area (Å²) >= 11 is 0. The van der Waals surface area contributed by atoms with E-state index in [4.69, 9.17) is 4.74 Å². The van der Waals surface area contributed by atoms with Gasteiger partial charge in [-0.1, -0.05) is 57.2 Å². The van der Waals surface area contributed by atoms with Gasteiger partial charge in [0.1, 0.15) is 6.33 Å². The van der Waals surface area contributed by atoms with Crippen molar-refractivity contribution in [3.8, 4) is 0 Å². The number of carbonyl (C=O) groups is 1. The highest BCUT2D eigenvalue weighted by Gasteiger charge is 2.23. The molecule has 1 aliphatic rings. The molecule has 1 aliphatic heterocycles. The second-order valence-corrected chi connectivity index (χ2v) is 9.50. The molecule has 4 rings (SSSR count). The van der Waals surface area contributed by atoms with E-state index in [1.807, 2.05) is 63.2 Å². The molecule has 0 atom stereocenters. The number of aromatic nitrogens is 3. The van der Waals surface area contributed by atoms with Crippen molar-refractivity contribution in [1.82, 2.24) is 15.0 Å². The van der Waals surface area contributed by atoms with Crippen molar-refractivity contribution in [1.29, 1.82) is 0 Å². The smallest absolute Gasteiger partial charge is 0.231 e. The van der Waals surface area contributed by atoms with E-state index in [1.165, 1.54) is 11.9 Å². The molecule has 0 unspecified atom stereocenters. The van der Waals surface area contributed by atoms with Crippen molar-refractivity contribution in [2.75, 3.05) is 28.6 Å². The first-order valence-corrected chi connectivity index (χ1v) is 11.6. The predicted molar refractivity (Wildman–Crippen MR) is 134 cm³/mol. The molecule has 2 aromatic carbocycles. The van der Waals surface area contributed by atoms with E-state index in [0.29, 0.717) is 18.5 Å². The van der Waals surface area contributed by atoms with Gasteiger partial charge in [-0.05, 0) is 36.6 Å². The van der Waals surface area contributed by atoms with Gasteiger partial charge in [-0.3, -0.25) is 4.79 Å². The van der Waals surface area contributed by atoms with Gasteiger partial charge in [0.15, 0.2) is 0 Å². The van der Waals surface area contributed by atoms with Crippen LogP contribution in [-0.2, 0) is 16.1 Å². The Kier molecular flexibility index (Phi) is 7.37. The molecule has 0 bridgehead atoms. The molecule has 3 aromatic rings. The highest BCUT2D eigenvalue weighted by molar-refractivity contribution is 5.94. The van der Waals surface area contributed by atoms with Gasteiger partial charge in [0.25, 0.3) is 0 Å². The van der Waals surface area contributed by atoms with Crippen LogP contribution in [0.1, 0.15) is 39.2 Å². The maximum atomic E-state index is 12.3. The van der Waals surface area contributed by atoms with Crippen LogP contribution in [0, 0.1) is 5.41 Å². The second kappa shape index (κ2) is 10.6. The Morgan fingerprint density at radius 3 is 2.50 bits per heavy atom. The molecule has 0 aliphatic carbocycles. The molecular weight excluding hydrogens is 428 g/mol. The van der Waals surface area contributed by atoms with Gasteiger partial charge in [-0.2, -0.15) is 4.98 Å². The molecule has 0 radical (unpaired) electrons. The minimum atomic E-state index is -0.466. The van der Waals surface area contributed by atoms with Gasteiger partial charge in [-0.15, -0.1) is 0 Å². The summed E-state index contributed by atoms with van der Waals surface area (Å²) in [5, 5.41) is 6.16. The van der Waals surface area contributed by atoms with Crippen LogP contribution in [0.25, 0.3) is 0 Å². The number of piperidine rings is 1. The molecule has 8 nitrogen and oxygen atoms in total. The lowest BCUT2D eigenvalue weighted by molar-refractivity contribution is -0.123. The summed E-state index contributed by atoms with van der Waals surface area (Å²) in [6, 6.07) is 17.8. The third-order valence-electron chi connectivity index (χ3n) is 5.67. The maximum absolute atomic E-state index is 12.3. The summed E-state index contributed by atoms with van der Waals surface area (Å²) in [6.45, 7) is 7.95. The van der Waals surface area contributed by atoms with Crippen LogP contribution in [-0.4, -0.2) is 40.1 Å². The normalized spacial score (nSPS) is 14.6. The number of nitrogens with one attached hydrogen (secondary N) is 2. The van der Waals surface area contributed by atoms with E-state index in [2.05, 4.69) is 42.6 Å². The van der Waals surface area contributed by atoms with Crippen LogP contribution in [0.4, 0.5) is 23.3 Å². The number of hydrogen-bond acceptors (Lipinski definition) is 7. The molecule has 8 heteroatoms. The summed E-state index contributed by atoms with van der Waals surface area (Å²) < 4.78 is 6.09. The highest BCUT2D eigenvalue weighted by atomic mass is 16.5. The van der Waals surface area contributed by atoms with Gasteiger partial charge in [0, 0.05) is 29.9 Å². The second-order valence-electron chi connectivity index (χ2n) is 9.50. The van der Waals surface area contributed by atoms with Crippen molar-refractivity contribution >= 4 is 29.2 Å². The van der Waals surface area contributed by atoms with Crippen LogP contribution in [0.15, 0.2) is 60.9 Å². The topological polar surface area (TPSA) is 92.3 Å². The Balaban J connectivity index is 1.32. The van der Waals surface area contributed by atoms with Crippen LogP contribution < -0.4 is 15.5 Å². The average molecular weight is 461 g/mol. The summed E-state index contributed by atoms with van der Waals surface area (Å²) in [5.74, 6) is 1.08. The quantitative estimate of drug-likeness (QED) is 0.524. The molecule has 1 aromatic heterocycles. The molecule has 2 heterocycles. The number of anilines is 4. The first-order chi connectivity index (χ1) is 16.4. The standard InChI is InChI=1S/C26H32N6O2/c1-26(2,3)23(33)29-20-10-7-11-21(16-20)30-24-27-18-28-25(31-24)32-14-12-22(13-15-32)34-17-19-8-5-4-6-9-19/h4-11,16,18,22H,12-15,17H2,1-3H3,(H,29,33)(H,27,28,30,31). The zero-order valence-electron chi connectivity index (χ0n) is 20.0. The zero-order valence-corrected chi connectivity index (χ0v) is 20.0. The van der Waals surface area contributed by atoms with Gasteiger partial charge in [-0.25, -0.2) is 9.97 Å². The predicted octanol–water partition coefficient (Wildman–Crippen LogP) is 4.79. The minimum absolute atomic E-state index is 0.0387. The van der Waals surface area contributed by atoms with Crippen LogP contribution in [0.3, 0.4) is 0 Å². The maximum Gasteiger partial charge on any atom is 0.231 e. The molecule has 1 saturated heterocycles. The SMILES string of the molecule is CC(C)(C)C(=O)Nc1cccc(Nc2ncnc(N3CCC(OCc4ccccc4)CC3)n2)c1. The Labute approximate surface area is 200 Å². The highest BCUT2D eigenvalue weighted by Crippen LogP contribution is 2.23. The fourth-order valence-corrected chi connectivity index (χ4v) is 3.63. The Morgan fingerprint density at radius 1 is 1.03 bits per heavy atom. The van der Waals surface area contributed by atoms with Gasteiger partial charge in [0.05, 0.1) is 12.7 Å². The Hall–Kier alpha value is -3.52. The summed E-state index contributed by atoms with van der Waals surface area (Å²) in [5.41, 5.74) is 2.24. The number of ether oxygens (including phenoxy) is 1. The number of amides is 1. The molecule has 2 N–H and O–H groups in total. The van der Waals surface area contributed by atoms with E-state index >= 15 is 0 Å². The molecule has 0 saturated carbocycles. The number of benzene rings is 2. The first-order valence-electron chi connectivity index (χ1n) is 11.6. The van der Waals surface area contributed by atoms with Crippen molar-refractivity contribution in [2.45, 2.75) is 46.3 Å². The van der Waals surface area contributed by atoms with Gasteiger partial charge in [0.2, 0.25) is 17.8 Å². The molecule has 1 amide bonds. The van der Waals surface area contributed by atoms with E-state index in [9.17, 15) is 4.79 Å². The average Bonchev–Trinajstić information content (AvgIpc) is 2.83. The van der Waals surface area contributed by atoms with E-state index in [-0.39, 0.29) is 12.0 Å². The number of hydrogen-bond donors (Lipinski definition) is 2. The van der Waals surface area contributed by atoms with Crippen LogP contribution >= 0.6 is 0 Å². The summed E-state index contributed by atoms with van der Waals surface area (Å²) in [7, 11) is 0. The van der Waals surface area contributed by atoms with E-state index in [0.717, 1.165) is 37.3 Å². The fourth-order valence-electron chi connectivity index (χ4n) is 3.63. The molecule has 34 heavy (non-hydrogen) atoms. The lowest BCUT2D eigenvalue weighted by Crippen LogP contribution is -2.38. The van der Waals surface area contributed by atoms with Gasteiger partial charge >= 0.3 is 0 Å². The third kappa shape index (κ3) is 6.51. The Morgan fingerprint density at radius 2 is 1.76 bits per heavy atom. The largest absolute Gasteiger partial charge is 0.373 e. The summed E-state index contributed by atoms with van der Waals surface area (Å²) in [6.07, 6.45) is 3.61. The van der Waals surface area contributed by atoms with Crippen molar-refractivity contribution in [3.63, 3.8) is 0 Å². The minimum Gasteiger partial charge on any atom is -0.373 e. The molecule has 0 spiro atoms. The van der Waals surface area contributed by atoms with Crippen molar-refractivity contribution < 1.29 is 9.53 Å². The monoisotopic (exact) mass is 460 g/mol.